The summed E-state index contributed by atoms with van der Waals surface area (Å²) in [6, 6.07) is 5.75. The van der Waals surface area contributed by atoms with E-state index in [0.29, 0.717) is 22.1 Å². The molecule has 0 unspecified atom stereocenters. The molecule has 2 N–H and O–H groups in total. The van der Waals surface area contributed by atoms with E-state index in [9.17, 15) is 4.79 Å². The summed E-state index contributed by atoms with van der Waals surface area (Å²) in [5.74, 6) is -0.0210. The number of nitrogen functional groups attached to an aromatic ring is 1. The zero-order chi connectivity index (χ0) is 14.2. The highest BCUT2D eigenvalue weighted by Gasteiger charge is 2.23. The Morgan fingerprint density at radius 3 is 2.68 bits per heavy atom. The Balaban J connectivity index is 2.55. The van der Waals surface area contributed by atoms with Gasteiger partial charge >= 0.3 is 0 Å². The Labute approximate surface area is 122 Å². The summed E-state index contributed by atoms with van der Waals surface area (Å²) in [6.45, 7) is 6.63. The number of rotatable bonds is 3. The number of anilines is 1. The first-order valence-electron chi connectivity index (χ1n) is 6.24. The van der Waals surface area contributed by atoms with Crippen molar-refractivity contribution in [3.63, 3.8) is 0 Å². The van der Waals surface area contributed by atoms with Gasteiger partial charge < -0.3 is 10.6 Å². The number of nitrogens with two attached hydrogens (primary N) is 1. The van der Waals surface area contributed by atoms with Crippen molar-refractivity contribution in [2.24, 2.45) is 0 Å². The lowest BCUT2D eigenvalue weighted by Gasteiger charge is -2.24. The maximum Gasteiger partial charge on any atom is 0.266 e. The van der Waals surface area contributed by atoms with Gasteiger partial charge in [0, 0.05) is 22.7 Å². The van der Waals surface area contributed by atoms with E-state index in [-0.39, 0.29) is 11.9 Å². The molecule has 0 spiro atoms. The van der Waals surface area contributed by atoms with Crippen LogP contribution in [-0.2, 0) is 0 Å². The monoisotopic (exact) mass is 296 g/mol. The summed E-state index contributed by atoms with van der Waals surface area (Å²) in [5.41, 5.74) is 6.61. The van der Waals surface area contributed by atoms with E-state index in [1.165, 1.54) is 11.3 Å². The van der Waals surface area contributed by atoms with Crippen LogP contribution in [0.25, 0.3) is 10.1 Å². The predicted octanol–water partition coefficient (Wildman–Crippen LogP) is 4.01. The molecule has 3 nitrogen and oxygen atoms in total. The fraction of sp³-hybridized carbons (Fsp3) is 0.357. The highest BCUT2D eigenvalue weighted by atomic mass is 35.5. The first-order chi connectivity index (χ1) is 8.97. The Morgan fingerprint density at radius 1 is 1.47 bits per heavy atom. The summed E-state index contributed by atoms with van der Waals surface area (Å²) in [6.07, 6.45) is 0. The number of amides is 1. The van der Waals surface area contributed by atoms with E-state index in [2.05, 4.69) is 0 Å². The molecule has 0 saturated carbocycles. The average Bonchev–Trinajstić information content (AvgIpc) is 2.68. The topological polar surface area (TPSA) is 46.3 Å². The summed E-state index contributed by atoms with van der Waals surface area (Å²) >= 11 is 7.56. The standard InChI is InChI=1S/C14H17ClN2OS/c1-4-17(8(2)3)14(18)13-12(16)11-9(15)6-5-7-10(11)19-13/h5-8H,4,16H2,1-3H3. The minimum absolute atomic E-state index is 0.0210. The molecule has 0 radical (unpaired) electrons. The average molecular weight is 297 g/mol. The molecule has 5 heteroatoms. The highest BCUT2D eigenvalue weighted by Crippen LogP contribution is 2.38. The first kappa shape index (κ1) is 14.2. The molecule has 0 bridgehead atoms. The number of thiophene rings is 1. The fourth-order valence-corrected chi connectivity index (χ4v) is 3.60. The molecular formula is C14H17ClN2OS. The van der Waals surface area contributed by atoms with Gasteiger partial charge in [0.1, 0.15) is 4.88 Å². The third kappa shape index (κ3) is 2.42. The Kier molecular flexibility index (Phi) is 4.02. The second-order valence-electron chi connectivity index (χ2n) is 4.64. The van der Waals surface area contributed by atoms with Gasteiger partial charge in [0.25, 0.3) is 5.91 Å². The van der Waals surface area contributed by atoms with Crippen LogP contribution < -0.4 is 5.73 Å². The lowest BCUT2D eigenvalue weighted by atomic mass is 10.2. The minimum Gasteiger partial charge on any atom is -0.397 e. The van der Waals surface area contributed by atoms with Crippen molar-refractivity contribution in [2.45, 2.75) is 26.8 Å². The van der Waals surface area contributed by atoms with E-state index in [1.807, 2.05) is 32.9 Å². The molecule has 1 amide bonds. The van der Waals surface area contributed by atoms with Crippen molar-refractivity contribution in [3.05, 3.63) is 28.1 Å². The third-order valence-corrected chi connectivity index (χ3v) is 4.59. The first-order valence-corrected chi connectivity index (χ1v) is 7.44. The van der Waals surface area contributed by atoms with Crippen LogP contribution in [-0.4, -0.2) is 23.4 Å². The maximum absolute atomic E-state index is 12.5. The van der Waals surface area contributed by atoms with Gasteiger partial charge in [-0.05, 0) is 32.9 Å². The molecule has 0 atom stereocenters. The van der Waals surface area contributed by atoms with E-state index < -0.39 is 0 Å². The zero-order valence-corrected chi connectivity index (χ0v) is 12.8. The summed E-state index contributed by atoms with van der Waals surface area (Å²) in [7, 11) is 0. The van der Waals surface area contributed by atoms with Crippen LogP contribution in [0.2, 0.25) is 5.02 Å². The van der Waals surface area contributed by atoms with E-state index in [0.717, 1.165) is 10.1 Å². The van der Waals surface area contributed by atoms with Crippen LogP contribution in [0.4, 0.5) is 5.69 Å². The molecule has 2 aromatic rings. The van der Waals surface area contributed by atoms with Crippen LogP contribution >= 0.6 is 22.9 Å². The number of carbonyl (C=O) groups excluding carboxylic acids is 1. The number of hydrogen-bond donors (Lipinski definition) is 1. The van der Waals surface area contributed by atoms with Crippen LogP contribution in [0.3, 0.4) is 0 Å². The second kappa shape index (κ2) is 5.39. The van der Waals surface area contributed by atoms with E-state index >= 15 is 0 Å². The fourth-order valence-electron chi connectivity index (χ4n) is 2.16. The van der Waals surface area contributed by atoms with Crippen molar-refractivity contribution < 1.29 is 4.79 Å². The van der Waals surface area contributed by atoms with Crippen molar-refractivity contribution in [2.75, 3.05) is 12.3 Å². The number of fused-ring (bicyclic) bond motifs is 1. The molecular weight excluding hydrogens is 280 g/mol. The number of hydrogen-bond acceptors (Lipinski definition) is 3. The summed E-state index contributed by atoms with van der Waals surface area (Å²) in [4.78, 5) is 14.9. The van der Waals surface area contributed by atoms with Gasteiger partial charge in [-0.25, -0.2) is 0 Å². The Morgan fingerprint density at radius 2 is 2.16 bits per heavy atom. The van der Waals surface area contributed by atoms with Gasteiger partial charge in [-0.15, -0.1) is 11.3 Å². The largest absolute Gasteiger partial charge is 0.397 e. The molecule has 102 valence electrons. The van der Waals surface area contributed by atoms with Gasteiger partial charge in [0.15, 0.2) is 0 Å². The third-order valence-electron chi connectivity index (χ3n) is 3.12. The number of nitrogens with zero attached hydrogens (tertiary/aromatic N) is 1. The molecule has 1 aromatic carbocycles. The Bertz CT molecular complexity index is 621. The molecule has 0 aliphatic rings. The predicted molar refractivity (Wildman–Crippen MR) is 83.1 cm³/mol. The summed E-state index contributed by atoms with van der Waals surface area (Å²) in [5, 5.41) is 1.38. The quantitative estimate of drug-likeness (QED) is 0.930. The van der Waals surface area contributed by atoms with E-state index in [1.54, 1.807) is 11.0 Å². The zero-order valence-electron chi connectivity index (χ0n) is 11.2. The molecule has 1 aromatic heterocycles. The van der Waals surface area contributed by atoms with Crippen LogP contribution in [0.15, 0.2) is 18.2 Å². The van der Waals surface area contributed by atoms with E-state index in [4.69, 9.17) is 17.3 Å². The van der Waals surface area contributed by atoms with Crippen molar-refractivity contribution in [3.8, 4) is 0 Å². The number of benzene rings is 1. The van der Waals surface area contributed by atoms with Gasteiger partial charge in [-0.1, -0.05) is 17.7 Å². The van der Waals surface area contributed by atoms with Crippen LogP contribution in [0, 0.1) is 0 Å². The molecule has 2 rings (SSSR count). The van der Waals surface area contributed by atoms with Crippen molar-refractivity contribution in [1.29, 1.82) is 0 Å². The highest BCUT2D eigenvalue weighted by molar-refractivity contribution is 7.21. The summed E-state index contributed by atoms with van der Waals surface area (Å²) < 4.78 is 0.952. The minimum atomic E-state index is -0.0210. The number of halogens is 1. The second-order valence-corrected chi connectivity index (χ2v) is 6.10. The van der Waals surface area contributed by atoms with Gasteiger partial charge in [0.05, 0.1) is 10.7 Å². The molecule has 0 saturated heterocycles. The van der Waals surface area contributed by atoms with Gasteiger partial charge in [-0.3, -0.25) is 4.79 Å². The van der Waals surface area contributed by atoms with Crippen molar-refractivity contribution >= 4 is 44.6 Å². The Hall–Kier alpha value is -1.26. The molecule has 0 aliphatic heterocycles. The lowest BCUT2D eigenvalue weighted by molar-refractivity contribution is 0.0723. The van der Waals surface area contributed by atoms with Crippen LogP contribution in [0.5, 0.6) is 0 Å². The van der Waals surface area contributed by atoms with Gasteiger partial charge in [-0.2, -0.15) is 0 Å². The number of carbonyl (C=O) groups is 1. The molecule has 0 aliphatic carbocycles. The molecule has 19 heavy (non-hydrogen) atoms. The lowest BCUT2D eigenvalue weighted by Crippen LogP contribution is -2.36. The van der Waals surface area contributed by atoms with Crippen LogP contribution in [0.1, 0.15) is 30.4 Å². The smallest absolute Gasteiger partial charge is 0.266 e. The maximum atomic E-state index is 12.5. The molecule has 0 fully saturated rings. The molecule has 1 heterocycles. The van der Waals surface area contributed by atoms with Gasteiger partial charge in [0.2, 0.25) is 0 Å². The normalized spacial score (nSPS) is 11.2. The SMILES string of the molecule is CCN(C(=O)c1sc2cccc(Cl)c2c1N)C(C)C. The van der Waals surface area contributed by atoms with Crippen molar-refractivity contribution in [1.82, 2.24) is 4.90 Å².